The fraction of sp³-hybridized carbons (Fsp3) is 0.846. The van der Waals surface area contributed by atoms with Gasteiger partial charge in [-0.05, 0) is 12.8 Å². The van der Waals surface area contributed by atoms with Gasteiger partial charge in [0.15, 0.2) is 0 Å². The van der Waals surface area contributed by atoms with Crippen LogP contribution in [-0.4, -0.2) is 71.7 Å². The molecule has 9 heteroatoms. The Balaban J connectivity index is 0. The zero-order valence-electron chi connectivity index (χ0n) is 12.7. The zero-order valence-corrected chi connectivity index (χ0v) is 14.2. The van der Waals surface area contributed by atoms with Gasteiger partial charge in [0.2, 0.25) is 5.91 Å². The number of amides is 1. The first kappa shape index (κ1) is 23.7. The van der Waals surface area contributed by atoms with Gasteiger partial charge in [-0.1, -0.05) is 0 Å². The second-order valence-corrected chi connectivity index (χ2v) is 5.16. The van der Waals surface area contributed by atoms with Crippen LogP contribution in [0.4, 0.5) is 0 Å². The second kappa shape index (κ2) is 15.3. The van der Waals surface area contributed by atoms with E-state index in [4.69, 9.17) is 22.4 Å². The van der Waals surface area contributed by atoms with Crippen LogP contribution < -0.4 is 11.1 Å². The van der Waals surface area contributed by atoms with E-state index >= 15 is 0 Å². The third-order valence-electron chi connectivity index (χ3n) is 2.89. The Morgan fingerprint density at radius 1 is 1.23 bits per heavy atom. The molecule has 0 spiro atoms. The van der Waals surface area contributed by atoms with Crippen LogP contribution in [0, 0.1) is 0 Å². The van der Waals surface area contributed by atoms with Crippen molar-refractivity contribution in [3.05, 3.63) is 0 Å². The van der Waals surface area contributed by atoms with Crippen LogP contribution in [0.1, 0.15) is 25.7 Å². The lowest BCUT2D eigenvalue weighted by Crippen LogP contribution is -2.41. The monoisotopic (exact) mass is 359 g/mol. The normalized spacial score (nSPS) is 11.8. The molecule has 0 radical (unpaired) electrons. The minimum atomic E-state index is -0.842. The van der Waals surface area contributed by atoms with E-state index in [2.05, 4.69) is 5.32 Å². The third kappa shape index (κ3) is 14.3. The Hall–Kier alpha value is -0.600. The van der Waals surface area contributed by atoms with Gasteiger partial charge < -0.3 is 21.3 Å². The van der Waals surface area contributed by atoms with Crippen molar-refractivity contribution in [3.8, 4) is 0 Å². The molecule has 0 aliphatic carbocycles. The van der Waals surface area contributed by atoms with Gasteiger partial charge in [-0.25, -0.2) is 0 Å². The summed E-state index contributed by atoms with van der Waals surface area (Å²) in [5, 5.41) is 20.7. The van der Waals surface area contributed by atoms with E-state index in [1.165, 1.54) is 0 Å². The molecule has 7 nitrogen and oxygen atoms in total. The zero-order chi connectivity index (χ0) is 16.1. The molecule has 0 aliphatic heterocycles. The number of unbranched alkanes of at least 4 members (excludes halogenated alkanes) is 1. The van der Waals surface area contributed by atoms with E-state index in [1.807, 2.05) is 4.90 Å². The molecule has 1 unspecified atom stereocenters. The number of aliphatic carboxylic acids is 1. The summed E-state index contributed by atoms with van der Waals surface area (Å²) in [6.07, 6.45) is 0.881. The topological polar surface area (TPSA) is 116 Å². The fourth-order valence-corrected chi connectivity index (χ4v) is 1.92. The summed E-state index contributed by atoms with van der Waals surface area (Å²) in [6.45, 7) is 2.58. The van der Waals surface area contributed by atoms with Crippen molar-refractivity contribution in [2.45, 2.75) is 31.8 Å². The van der Waals surface area contributed by atoms with E-state index in [9.17, 15) is 14.7 Å². The van der Waals surface area contributed by atoms with Crippen LogP contribution in [-0.2, 0) is 9.59 Å². The molecule has 0 aromatic heterocycles. The van der Waals surface area contributed by atoms with E-state index in [0.29, 0.717) is 52.0 Å². The number of carbonyl (C=O) groups excluding carboxylic acids is 1. The lowest BCUT2D eigenvalue weighted by atomic mass is 10.2. The number of nitrogens with two attached hydrogens (primary N) is 1. The van der Waals surface area contributed by atoms with Crippen LogP contribution in [0.15, 0.2) is 0 Å². The van der Waals surface area contributed by atoms with Crippen molar-refractivity contribution in [2.24, 2.45) is 5.73 Å². The summed E-state index contributed by atoms with van der Waals surface area (Å²) in [5.41, 5.74) is 5.49. The van der Waals surface area contributed by atoms with Crippen LogP contribution in [0.5, 0.6) is 0 Å². The first-order valence-corrected chi connectivity index (χ1v) is 7.68. The molecule has 0 rings (SSSR count). The molecule has 132 valence electrons. The first-order chi connectivity index (χ1) is 9.99. The van der Waals surface area contributed by atoms with E-state index in [-0.39, 0.29) is 30.6 Å². The van der Waals surface area contributed by atoms with Crippen molar-refractivity contribution in [2.75, 3.05) is 38.6 Å². The van der Waals surface area contributed by atoms with Gasteiger partial charge in [0, 0.05) is 51.4 Å². The minimum Gasteiger partial charge on any atom is -0.481 e. The van der Waals surface area contributed by atoms with Crippen LogP contribution in [0.3, 0.4) is 0 Å². The molecular weight excluding hydrogens is 333 g/mol. The maximum atomic E-state index is 11.5. The lowest BCUT2D eigenvalue weighted by molar-refractivity contribution is -0.137. The number of carbonyl (C=O) groups is 2. The average molecular weight is 360 g/mol. The number of nitrogens with one attached hydrogen (secondary N) is 1. The van der Waals surface area contributed by atoms with E-state index in [1.54, 1.807) is 0 Å². The molecule has 0 bridgehead atoms. The molecule has 5 N–H and O–H groups in total. The van der Waals surface area contributed by atoms with Crippen LogP contribution in [0.2, 0.25) is 0 Å². The average Bonchev–Trinajstić information content (AvgIpc) is 2.43. The molecule has 0 fully saturated rings. The van der Waals surface area contributed by atoms with Gasteiger partial charge in [-0.2, -0.15) is 0 Å². The van der Waals surface area contributed by atoms with Gasteiger partial charge in [-0.3, -0.25) is 14.5 Å². The molecule has 0 heterocycles. The Bertz CT molecular complexity index is 309. The number of rotatable bonds is 13. The van der Waals surface area contributed by atoms with Gasteiger partial charge in [0.05, 0.1) is 6.10 Å². The number of carboxylic acid groups (broad SMARTS) is 1. The number of hydrogen-bond acceptors (Lipinski definition) is 5. The maximum absolute atomic E-state index is 11.5. The molecule has 1 amide bonds. The molecule has 0 aromatic rings. The van der Waals surface area contributed by atoms with E-state index in [0.717, 1.165) is 0 Å². The van der Waals surface area contributed by atoms with E-state index < -0.39 is 12.1 Å². The summed E-state index contributed by atoms with van der Waals surface area (Å²) < 4.78 is 0. The predicted octanol–water partition coefficient (Wildman–Crippen LogP) is 0.0298. The lowest BCUT2D eigenvalue weighted by Gasteiger charge is -2.23. The van der Waals surface area contributed by atoms with Gasteiger partial charge in [0.25, 0.3) is 0 Å². The van der Waals surface area contributed by atoms with Crippen molar-refractivity contribution in [1.82, 2.24) is 10.2 Å². The number of carboxylic acids is 1. The summed E-state index contributed by atoms with van der Waals surface area (Å²) in [6, 6.07) is 0. The first-order valence-electron chi connectivity index (χ1n) is 7.14. The number of aliphatic hydroxyl groups is 1. The maximum Gasteiger partial charge on any atom is 0.303 e. The van der Waals surface area contributed by atoms with Crippen molar-refractivity contribution in [1.29, 1.82) is 0 Å². The Morgan fingerprint density at radius 2 is 1.86 bits per heavy atom. The predicted molar refractivity (Wildman–Crippen MR) is 88.6 cm³/mol. The van der Waals surface area contributed by atoms with Crippen molar-refractivity contribution >= 4 is 35.9 Å². The molecular formula is C13H27Cl2N3O4. The fourth-order valence-electron chi connectivity index (χ4n) is 1.83. The SMILES string of the molecule is Cl.NCCN(CCNC(=O)CCCCC(=O)O)CC(O)CCl. The number of hydrogen-bond donors (Lipinski definition) is 4. The minimum absolute atomic E-state index is 0. The molecule has 22 heavy (non-hydrogen) atoms. The standard InChI is InChI=1S/C13H26ClN3O4.ClH/c14-9-11(18)10-17(7-5-15)8-6-16-12(19)3-1-2-4-13(20)21;/h11,18H,1-10,15H2,(H,16,19)(H,20,21);1H. The van der Waals surface area contributed by atoms with Gasteiger partial charge in [-0.15, -0.1) is 24.0 Å². The highest BCUT2D eigenvalue weighted by molar-refractivity contribution is 6.18. The summed E-state index contributed by atoms with van der Waals surface area (Å²) in [4.78, 5) is 23.8. The number of alkyl halides is 1. The Labute approximate surface area is 142 Å². The molecule has 0 saturated carbocycles. The molecule has 1 atom stereocenters. The highest BCUT2D eigenvalue weighted by Gasteiger charge is 2.10. The third-order valence-corrected chi connectivity index (χ3v) is 3.24. The summed E-state index contributed by atoms with van der Waals surface area (Å²) >= 11 is 5.55. The number of halogens is 2. The Kier molecular flexibility index (Phi) is 16.5. The second-order valence-electron chi connectivity index (χ2n) is 4.85. The summed E-state index contributed by atoms with van der Waals surface area (Å²) in [7, 11) is 0. The van der Waals surface area contributed by atoms with Crippen molar-refractivity contribution in [3.63, 3.8) is 0 Å². The highest BCUT2D eigenvalue weighted by atomic mass is 35.5. The van der Waals surface area contributed by atoms with Crippen molar-refractivity contribution < 1.29 is 19.8 Å². The summed E-state index contributed by atoms with van der Waals surface area (Å²) in [5.74, 6) is -0.770. The largest absolute Gasteiger partial charge is 0.481 e. The highest BCUT2D eigenvalue weighted by Crippen LogP contribution is 1.99. The van der Waals surface area contributed by atoms with Crippen LogP contribution >= 0.6 is 24.0 Å². The van der Waals surface area contributed by atoms with Gasteiger partial charge >= 0.3 is 5.97 Å². The Morgan fingerprint density at radius 3 is 2.41 bits per heavy atom. The molecule has 0 saturated heterocycles. The molecule has 0 aliphatic rings. The smallest absolute Gasteiger partial charge is 0.303 e. The molecule has 0 aromatic carbocycles. The number of aliphatic hydroxyl groups excluding tert-OH is 1. The quantitative estimate of drug-likeness (QED) is 0.272. The van der Waals surface area contributed by atoms with Gasteiger partial charge in [0.1, 0.15) is 0 Å². The van der Waals surface area contributed by atoms with Crippen LogP contribution in [0.25, 0.3) is 0 Å². The number of nitrogens with zero attached hydrogens (tertiary/aromatic N) is 1.